The molecule has 2 rings (SSSR count). The van der Waals surface area contributed by atoms with Gasteiger partial charge in [-0.25, -0.2) is 0 Å². The lowest BCUT2D eigenvalue weighted by atomic mass is 10.1. The van der Waals surface area contributed by atoms with E-state index >= 15 is 0 Å². The van der Waals surface area contributed by atoms with E-state index in [2.05, 4.69) is 31.3 Å². The highest BCUT2D eigenvalue weighted by molar-refractivity contribution is 5.49. The molecule has 17 heavy (non-hydrogen) atoms. The highest BCUT2D eigenvalue weighted by atomic mass is 16.5. The summed E-state index contributed by atoms with van der Waals surface area (Å²) in [6.07, 6.45) is 2.15. The number of hydrogen-bond acceptors (Lipinski definition) is 3. The van der Waals surface area contributed by atoms with Gasteiger partial charge in [0.05, 0.1) is 14.2 Å². The standard InChI is InChI=1S/C14H21NO2/c1-9(2)15-12-5-10-7-13(16-3)14(17-4)8-11(10)6-12/h7-9,12,15H,5-6H2,1-4H3. The molecular formula is C14H21NO2. The third-order valence-electron chi connectivity index (χ3n) is 3.21. The van der Waals surface area contributed by atoms with Gasteiger partial charge >= 0.3 is 0 Å². The monoisotopic (exact) mass is 235 g/mol. The summed E-state index contributed by atoms with van der Waals surface area (Å²) in [6.45, 7) is 4.37. The van der Waals surface area contributed by atoms with Crippen LogP contribution in [0, 0.1) is 0 Å². The fraction of sp³-hybridized carbons (Fsp3) is 0.571. The van der Waals surface area contributed by atoms with Crippen LogP contribution in [-0.2, 0) is 12.8 Å². The van der Waals surface area contributed by atoms with Crippen LogP contribution in [-0.4, -0.2) is 26.3 Å². The summed E-state index contributed by atoms with van der Waals surface area (Å²) in [5, 5.41) is 3.58. The summed E-state index contributed by atoms with van der Waals surface area (Å²) in [5.74, 6) is 1.66. The predicted octanol–water partition coefficient (Wildman–Crippen LogP) is 2.17. The average molecular weight is 235 g/mol. The van der Waals surface area contributed by atoms with Crippen molar-refractivity contribution < 1.29 is 9.47 Å². The first-order valence-corrected chi connectivity index (χ1v) is 6.14. The predicted molar refractivity (Wildman–Crippen MR) is 69.0 cm³/mol. The molecule has 1 aromatic rings. The maximum absolute atomic E-state index is 5.33. The van der Waals surface area contributed by atoms with E-state index < -0.39 is 0 Å². The summed E-state index contributed by atoms with van der Waals surface area (Å²) in [6, 6.07) is 5.28. The van der Waals surface area contributed by atoms with Crippen LogP contribution < -0.4 is 14.8 Å². The second-order valence-electron chi connectivity index (χ2n) is 4.90. The number of methoxy groups -OCH3 is 2. The third kappa shape index (κ3) is 2.55. The number of ether oxygens (including phenoxy) is 2. The Morgan fingerprint density at radius 3 is 1.88 bits per heavy atom. The molecule has 1 N–H and O–H groups in total. The van der Waals surface area contributed by atoms with Crippen LogP contribution in [0.25, 0.3) is 0 Å². The van der Waals surface area contributed by atoms with Gasteiger partial charge in [-0.05, 0) is 36.1 Å². The minimum absolute atomic E-state index is 0.526. The van der Waals surface area contributed by atoms with Crippen molar-refractivity contribution in [3.8, 4) is 11.5 Å². The van der Waals surface area contributed by atoms with Crippen LogP contribution in [0.5, 0.6) is 11.5 Å². The molecule has 0 fully saturated rings. The zero-order valence-corrected chi connectivity index (χ0v) is 11.0. The Morgan fingerprint density at radius 2 is 1.53 bits per heavy atom. The Bertz CT molecular complexity index is 368. The molecule has 3 nitrogen and oxygen atoms in total. The van der Waals surface area contributed by atoms with E-state index in [9.17, 15) is 0 Å². The molecule has 1 aliphatic carbocycles. The van der Waals surface area contributed by atoms with Gasteiger partial charge in [-0.2, -0.15) is 0 Å². The van der Waals surface area contributed by atoms with Gasteiger partial charge < -0.3 is 14.8 Å². The van der Waals surface area contributed by atoms with E-state index in [0.717, 1.165) is 24.3 Å². The van der Waals surface area contributed by atoms with Gasteiger partial charge in [0.15, 0.2) is 11.5 Å². The molecule has 0 bridgehead atoms. The van der Waals surface area contributed by atoms with Gasteiger partial charge in [0, 0.05) is 12.1 Å². The topological polar surface area (TPSA) is 30.5 Å². The summed E-state index contributed by atoms with van der Waals surface area (Å²) in [4.78, 5) is 0. The molecule has 0 radical (unpaired) electrons. The SMILES string of the molecule is COc1cc2c(cc1OC)CC(NC(C)C)C2. The largest absolute Gasteiger partial charge is 0.493 e. The van der Waals surface area contributed by atoms with E-state index in [-0.39, 0.29) is 0 Å². The second kappa shape index (κ2) is 4.96. The third-order valence-corrected chi connectivity index (χ3v) is 3.21. The summed E-state index contributed by atoms with van der Waals surface area (Å²) >= 11 is 0. The van der Waals surface area contributed by atoms with Crippen molar-refractivity contribution in [1.29, 1.82) is 0 Å². The molecule has 94 valence electrons. The molecule has 0 spiro atoms. The smallest absolute Gasteiger partial charge is 0.161 e. The van der Waals surface area contributed by atoms with Gasteiger partial charge in [-0.15, -0.1) is 0 Å². The number of hydrogen-bond donors (Lipinski definition) is 1. The van der Waals surface area contributed by atoms with Crippen molar-refractivity contribution in [2.75, 3.05) is 14.2 Å². The fourth-order valence-corrected chi connectivity index (χ4v) is 2.54. The van der Waals surface area contributed by atoms with E-state index in [1.807, 2.05) is 0 Å². The van der Waals surface area contributed by atoms with Crippen LogP contribution in [0.2, 0.25) is 0 Å². The summed E-state index contributed by atoms with van der Waals surface area (Å²) < 4.78 is 10.7. The second-order valence-corrected chi connectivity index (χ2v) is 4.90. The summed E-state index contributed by atoms with van der Waals surface area (Å²) in [5.41, 5.74) is 2.75. The van der Waals surface area contributed by atoms with Crippen molar-refractivity contribution in [3.63, 3.8) is 0 Å². The number of benzene rings is 1. The lowest BCUT2D eigenvalue weighted by Crippen LogP contribution is -2.35. The quantitative estimate of drug-likeness (QED) is 0.867. The first-order chi connectivity index (χ1) is 8.13. The van der Waals surface area contributed by atoms with Gasteiger partial charge in [-0.3, -0.25) is 0 Å². The van der Waals surface area contributed by atoms with E-state index in [4.69, 9.17) is 9.47 Å². The Labute approximate surface area is 103 Å². The Kier molecular flexibility index (Phi) is 3.57. The first-order valence-electron chi connectivity index (χ1n) is 6.14. The van der Waals surface area contributed by atoms with Crippen LogP contribution in [0.3, 0.4) is 0 Å². The number of nitrogens with one attached hydrogen (secondary N) is 1. The highest BCUT2D eigenvalue weighted by Gasteiger charge is 2.23. The molecule has 0 saturated carbocycles. The molecule has 3 heteroatoms. The zero-order chi connectivity index (χ0) is 12.4. The highest BCUT2D eigenvalue weighted by Crippen LogP contribution is 2.34. The van der Waals surface area contributed by atoms with Gasteiger partial charge in [0.25, 0.3) is 0 Å². The van der Waals surface area contributed by atoms with Crippen molar-refractivity contribution >= 4 is 0 Å². The number of fused-ring (bicyclic) bond motifs is 1. The minimum Gasteiger partial charge on any atom is -0.493 e. The van der Waals surface area contributed by atoms with Crippen LogP contribution in [0.4, 0.5) is 0 Å². The lowest BCUT2D eigenvalue weighted by Gasteiger charge is -2.14. The average Bonchev–Trinajstić information content (AvgIpc) is 2.66. The molecule has 0 aromatic heterocycles. The molecule has 0 unspecified atom stereocenters. The molecule has 0 saturated heterocycles. The van der Waals surface area contributed by atoms with Crippen LogP contribution in [0.15, 0.2) is 12.1 Å². The van der Waals surface area contributed by atoms with E-state index in [1.54, 1.807) is 14.2 Å². The van der Waals surface area contributed by atoms with E-state index in [0.29, 0.717) is 12.1 Å². The Balaban J connectivity index is 2.20. The number of rotatable bonds is 4. The minimum atomic E-state index is 0.526. The van der Waals surface area contributed by atoms with Gasteiger partial charge in [0.2, 0.25) is 0 Å². The molecular weight excluding hydrogens is 214 g/mol. The Hall–Kier alpha value is -1.22. The van der Waals surface area contributed by atoms with Gasteiger partial charge in [0.1, 0.15) is 0 Å². The zero-order valence-electron chi connectivity index (χ0n) is 11.0. The van der Waals surface area contributed by atoms with Crippen LogP contribution in [0.1, 0.15) is 25.0 Å². The lowest BCUT2D eigenvalue weighted by molar-refractivity contribution is 0.354. The molecule has 0 amide bonds. The molecule has 0 heterocycles. The Morgan fingerprint density at radius 1 is 1.06 bits per heavy atom. The van der Waals surface area contributed by atoms with Crippen molar-refractivity contribution in [2.24, 2.45) is 0 Å². The molecule has 1 aliphatic rings. The normalized spacial score (nSPS) is 15.1. The van der Waals surface area contributed by atoms with E-state index in [1.165, 1.54) is 11.1 Å². The summed E-state index contributed by atoms with van der Waals surface area (Å²) in [7, 11) is 3.37. The maximum Gasteiger partial charge on any atom is 0.161 e. The maximum atomic E-state index is 5.33. The van der Waals surface area contributed by atoms with Crippen molar-refractivity contribution in [2.45, 2.75) is 38.8 Å². The molecule has 0 aliphatic heterocycles. The fourth-order valence-electron chi connectivity index (χ4n) is 2.54. The first kappa shape index (κ1) is 12.2. The molecule has 1 aromatic carbocycles. The molecule has 0 atom stereocenters. The van der Waals surface area contributed by atoms with Gasteiger partial charge in [-0.1, -0.05) is 13.8 Å². The van der Waals surface area contributed by atoms with Crippen molar-refractivity contribution in [3.05, 3.63) is 23.3 Å². The van der Waals surface area contributed by atoms with Crippen molar-refractivity contribution in [1.82, 2.24) is 5.32 Å². The van der Waals surface area contributed by atoms with Crippen LogP contribution >= 0.6 is 0 Å².